The molecule has 1 heterocycles. The van der Waals surface area contributed by atoms with Crippen LogP contribution in [0.3, 0.4) is 0 Å². The fraction of sp³-hybridized carbons (Fsp3) is 0.538. The second-order valence-electron chi connectivity index (χ2n) is 5.04. The molecule has 0 aromatic heterocycles. The molecule has 3 rings (SSSR count). The Morgan fingerprint density at radius 1 is 1.38 bits per heavy atom. The number of hydrogen-bond donors (Lipinski definition) is 1. The maximum atomic E-state index is 6.28. The van der Waals surface area contributed by atoms with Crippen LogP contribution in [0.15, 0.2) is 12.1 Å². The number of nitrogens with two attached hydrogens (primary N) is 1. The maximum Gasteiger partial charge on any atom is 0.125 e. The Morgan fingerprint density at radius 3 is 2.88 bits per heavy atom. The highest BCUT2D eigenvalue weighted by Gasteiger charge is 2.34. The molecular weight excluding hydrogens is 222 g/mol. The smallest absolute Gasteiger partial charge is 0.125 e. The van der Waals surface area contributed by atoms with E-state index >= 15 is 0 Å². The number of rotatable bonds is 2. The van der Waals surface area contributed by atoms with Crippen LogP contribution in [0.4, 0.5) is 0 Å². The Bertz CT molecular complexity index is 426. The van der Waals surface area contributed by atoms with Gasteiger partial charge in [0, 0.05) is 17.0 Å². The number of fused-ring (bicyclic) bond motifs is 1. The fourth-order valence-corrected chi connectivity index (χ4v) is 2.93. The minimum atomic E-state index is -0.00952. The van der Waals surface area contributed by atoms with Gasteiger partial charge in [-0.2, -0.15) is 0 Å². The van der Waals surface area contributed by atoms with Crippen molar-refractivity contribution >= 4 is 11.6 Å². The molecule has 0 unspecified atom stereocenters. The van der Waals surface area contributed by atoms with E-state index in [0.29, 0.717) is 0 Å². The predicted molar refractivity (Wildman–Crippen MR) is 65.1 cm³/mol. The second kappa shape index (κ2) is 3.64. The van der Waals surface area contributed by atoms with Crippen molar-refractivity contribution in [2.24, 2.45) is 5.73 Å². The van der Waals surface area contributed by atoms with E-state index in [9.17, 15) is 0 Å². The molecule has 2 N–H and O–H groups in total. The zero-order chi connectivity index (χ0) is 11.2. The molecule has 1 aliphatic carbocycles. The van der Waals surface area contributed by atoms with Crippen LogP contribution >= 0.6 is 11.6 Å². The lowest BCUT2D eigenvalue weighted by atomic mass is 9.73. The minimum Gasteiger partial charge on any atom is -0.493 e. The summed E-state index contributed by atoms with van der Waals surface area (Å²) < 4.78 is 5.68. The topological polar surface area (TPSA) is 35.2 Å². The molecule has 0 atom stereocenters. The van der Waals surface area contributed by atoms with Gasteiger partial charge in [-0.3, -0.25) is 0 Å². The molecule has 16 heavy (non-hydrogen) atoms. The Morgan fingerprint density at radius 2 is 2.19 bits per heavy atom. The third kappa shape index (κ3) is 1.70. The van der Waals surface area contributed by atoms with Crippen LogP contribution in [0.25, 0.3) is 0 Å². The molecule has 2 aliphatic rings. The van der Waals surface area contributed by atoms with Crippen molar-refractivity contribution in [3.05, 3.63) is 28.3 Å². The van der Waals surface area contributed by atoms with Gasteiger partial charge in [-0.25, -0.2) is 0 Å². The van der Waals surface area contributed by atoms with Gasteiger partial charge in [-0.05, 0) is 48.9 Å². The maximum absolute atomic E-state index is 6.28. The summed E-state index contributed by atoms with van der Waals surface area (Å²) >= 11 is 6.12. The number of ether oxygens (including phenoxy) is 1. The van der Waals surface area contributed by atoms with E-state index in [0.717, 1.165) is 43.1 Å². The molecular formula is C13H16ClNO. The Labute approximate surface area is 101 Å². The first kappa shape index (κ1) is 10.4. The van der Waals surface area contributed by atoms with Gasteiger partial charge < -0.3 is 10.5 Å². The predicted octanol–water partition coefficient (Wildman–Crippen LogP) is 2.70. The first-order chi connectivity index (χ1) is 7.66. The van der Waals surface area contributed by atoms with Gasteiger partial charge in [0.1, 0.15) is 5.75 Å². The van der Waals surface area contributed by atoms with E-state index in [4.69, 9.17) is 22.1 Å². The van der Waals surface area contributed by atoms with Gasteiger partial charge in [0.2, 0.25) is 0 Å². The number of halogens is 1. The summed E-state index contributed by atoms with van der Waals surface area (Å²) in [5, 5.41) is 0.808. The monoisotopic (exact) mass is 237 g/mol. The minimum absolute atomic E-state index is 0.00952. The first-order valence-electron chi connectivity index (χ1n) is 5.89. The third-order valence-corrected chi connectivity index (χ3v) is 3.94. The van der Waals surface area contributed by atoms with Crippen LogP contribution in [0.5, 0.6) is 5.75 Å². The molecule has 0 amide bonds. The standard InChI is InChI=1S/C13H16ClNO/c14-11-6-9-2-5-16-12(9)10(7-11)8-13(15)3-1-4-13/h6-7H,1-5,8,15H2. The number of hydrogen-bond acceptors (Lipinski definition) is 2. The summed E-state index contributed by atoms with van der Waals surface area (Å²) in [5.41, 5.74) is 8.71. The van der Waals surface area contributed by atoms with Gasteiger partial charge in [-0.15, -0.1) is 0 Å². The quantitative estimate of drug-likeness (QED) is 0.859. The molecule has 86 valence electrons. The van der Waals surface area contributed by atoms with Crippen LogP contribution in [-0.4, -0.2) is 12.1 Å². The van der Waals surface area contributed by atoms with E-state index in [1.165, 1.54) is 17.5 Å². The van der Waals surface area contributed by atoms with Crippen molar-refractivity contribution in [2.75, 3.05) is 6.61 Å². The highest BCUT2D eigenvalue weighted by atomic mass is 35.5. The molecule has 1 aromatic rings. The van der Waals surface area contributed by atoms with Crippen molar-refractivity contribution in [3.63, 3.8) is 0 Å². The molecule has 2 nitrogen and oxygen atoms in total. The highest BCUT2D eigenvalue weighted by Crippen LogP contribution is 2.39. The molecule has 0 saturated heterocycles. The molecule has 1 aromatic carbocycles. The SMILES string of the molecule is NC1(Cc2cc(Cl)cc3c2OCC3)CCC1. The molecule has 3 heteroatoms. The normalized spacial score (nSPS) is 21.1. The van der Waals surface area contributed by atoms with E-state index in [1.54, 1.807) is 0 Å². The van der Waals surface area contributed by atoms with Crippen molar-refractivity contribution in [1.29, 1.82) is 0 Å². The molecule has 1 fully saturated rings. The summed E-state index contributed by atoms with van der Waals surface area (Å²) in [5.74, 6) is 1.04. The highest BCUT2D eigenvalue weighted by molar-refractivity contribution is 6.30. The van der Waals surface area contributed by atoms with E-state index in [2.05, 4.69) is 0 Å². The lowest BCUT2D eigenvalue weighted by molar-refractivity contribution is 0.244. The van der Waals surface area contributed by atoms with Gasteiger partial charge in [0.15, 0.2) is 0 Å². The molecule has 1 aliphatic heterocycles. The molecule has 0 spiro atoms. The summed E-state index contributed by atoms with van der Waals surface area (Å²) in [6, 6.07) is 4.02. The van der Waals surface area contributed by atoms with E-state index < -0.39 is 0 Å². The van der Waals surface area contributed by atoms with Crippen LogP contribution in [0.2, 0.25) is 5.02 Å². The average molecular weight is 238 g/mol. The Kier molecular flexibility index (Phi) is 2.37. The summed E-state index contributed by atoms with van der Waals surface area (Å²) in [4.78, 5) is 0. The molecule has 0 bridgehead atoms. The second-order valence-corrected chi connectivity index (χ2v) is 5.48. The van der Waals surface area contributed by atoms with Crippen LogP contribution in [0, 0.1) is 0 Å². The van der Waals surface area contributed by atoms with Crippen molar-refractivity contribution < 1.29 is 4.74 Å². The third-order valence-electron chi connectivity index (χ3n) is 3.72. The zero-order valence-electron chi connectivity index (χ0n) is 9.26. The van der Waals surface area contributed by atoms with Gasteiger partial charge in [0.05, 0.1) is 6.61 Å². The Hall–Kier alpha value is -0.730. The largest absolute Gasteiger partial charge is 0.493 e. The number of benzene rings is 1. The van der Waals surface area contributed by atoms with Crippen molar-refractivity contribution in [1.82, 2.24) is 0 Å². The summed E-state index contributed by atoms with van der Waals surface area (Å²) in [6.45, 7) is 0.778. The van der Waals surface area contributed by atoms with Crippen LogP contribution < -0.4 is 10.5 Å². The van der Waals surface area contributed by atoms with E-state index in [1.807, 2.05) is 12.1 Å². The lowest BCUT2D eigenvalue weighted by Gasteiger charge is -2.38. The molecule has 0 radical (unpaired) electrons. The van der Waals surface area contributed by atoms with Crippen molar-refractivity contribution in [3.8, 4) is 5.75 Å². The molecule has 1 saturated carbocycles. The average Bonchev–Trinajstić information content (AvgIpc) is 2.63. The Balaban J connectivity index is 1.94. The summed E-state index contributed by atoms with van der Waals surface area (Å²) in [7, 11) is 0. The van der Waals surface area contributed by atoms with Gasteiger partial charge in [-0.1, -0.05) is 11.6 Å². The van der Waals surface area contributed by atoms with Crippen molar-refractivity contribution in [2.45, 2.75) is 37.6 Å². The fourth-order valence-electron chi connectivity index (χ4n) is 2.66. The van der Waals surface area contributed by atoms with Gasteiger partial charge >= 0.3 is 0 Å². The van der Waals surface area contributed by atoms with E-state index in [-0.39, 0.29) is 5.54 Å². The van der Waals surface area contributed by atoms with Crippen LogP contribution in [0.1, 0.15) is 30.4 Å². The zero-order valence-corrected chi connectivity index (χ0v) is 10.0. The first-order valence-corrected chi connectivity index (χ1v) is 6.27. The lowest BCUT2D eigenvalue weighted by Crippen LogP contribution is -2.48. The summed E-state index contributed by atoms with van der Waals surface area (Å²) in [6.07, 6.45) is 5.36. The van der Waals surface area contributed by atoms with Crippen LogP contribution in [-0.2, 0) is 12.8 Å². The van der Waals surface area contributed by atoms with Gasteiger partial charge in [0.25, 0.3) is 0 Å².